The van der Waals surface area contributed by atoms with Gasteiger partial charge in [0.2, 0.25) is 10.0 Å². The van der Waals surface area contributed by atoms with Gasteiger partial charge in [0.15, 0.2) is 0 Å². The van der Waals surface area contributed by atoms with Crippen molar-refractivity contribution in [1.82, 2.24) is 5.32 Å². The van der Waals surface area contributed by atoms with Crippen molar-refractivity contribution >= 4 is 15.9 Å². The second-order valence-electron chi connectivity index (χ2n) is 4.56. The quantitative estimate of drug-likeness (QED) is 0.642. The molecular formula is C15H16N2NaO3S+. The molecule has 0 saturated heterocycles. The number of primary sulfonamides is 1. The fraction of sp³-hybridized carbons (Fsp3) is 0.133. The second-order valence-corrected chi connectivity index (χ2v) is 6.12. The number of hydrogen-bond donors (Lipinski definition) is 2. The third kappa shape index (κ3) is 5.55. The van der Waals surface area contributed by atoms with Crippen LogP contribution in [0.1, 0.15) is 15.9 Å². The summed E-state index contributed by atoms with van der Waals surface area (Å²) in [5.41, 5.74) is 1.54. The van der Waals surface area contributed by atoms with Crippen molar-refractivity contribution in [2.75, 3.05) is 6.54 Å². The summed E-state index contributed by atoms with van der Waals surface area (Å²) in [7, 11) is -3.66. The molecule has 3 N–H and O–H groups in total. The maximum absolute atomic E-state index is 11.8. The zero-order valence-electron chi connectivity index (χ0n) is 12.3. The fourth-order valence-electron chi connectivity index (χ4n) is 1.86. The predicted molar refractivity (Wildman–Crippen MR) is 80.3 cm³/mol. The van der Waals surface area contributed by atoms with Crippen LogP contribution in [0.15, 0.2) is 59.5 Å². The van der Waals surface area contributed by atoms with E-state index in [4.69, 9.17) is 5.14 Å². The van der Waals surface area contributed by atoms with Crippen molar-refractivity contribution in [2.45, 2.75) is 11.3 Å². The number of nitrogens with two attached hydrogens (primary N) is 1. The predicted octanol–water partition coefficient (Wildman–Crippen LogP) is -1.69. The number of hydrogen-bond acceptors (Lipinski definition) is 3. The van der Waals surface area contributed by atoms with E-state index >= 15 is 0 Å². The van der Waals surface area contributed by atoms with Gasteiger partial charge in [-0.1, -0.05) is 30.3 Å². The van der Waals surface area contributed by atoms with E-state index in [9.17, 15) is 13.2 Å². The van der Waals surface area contributed by atoms with E-state index in [1.165, 1.54) is 12.1 Å². The summed E-state index contributed by atoms with van der Waals surface area (Å²) >= 11 is 0. The van der Waals surface area contributed by atoms with Crippen LogP contribution in [0.25, 0.3) is 0 Å². The van der Waals surface area contributed by atoms with Gasteiger partial charge in [0.05, 0.1) is 4.90 Å². The maximum Gasteiger partial charge on any atom is 1.00 e. The smallest absolute Gasteiger partial charge is 0.352 e. The number of nitrogens with one attached hydrogen (secondary N) is 1. The molecule has 2 aromatic carbocycles. The first-order chi connectivity index (χ1) is 9.97. The molecule has 1 amide bonds. The number of rotatable bonds is 5. The SMILES string of the molecule is NS(=O)(=O)c1ccc(CCNC(=O)c2ccccc2)cc1.[Na+]. The molecule has 22 heavy (non-hydrogen) atoms. The van der Waals surface area contributed by atoms with Crippen LogP contribution in [0.5, 0.6) is 0 Å². The van der Waals surface area contributed by atoms with Crippen molar-refractivity contribution in [3.63, 3.8) is 0 Å². The molecule has 0 spiro atoms. The first-order valence-corrected chi connectivity index (χ1v) is 7.96. The Hall–Kier alpha value is -1.18. The van der Waals surface area contributed by atoms with Crippen LogP contribution in [0.3, 0.4) is 0 Å². The normalized spacial score (nSPS) is 10.6. The Morgan fingerprint density at radius 2 is 1.59 bits per heavy atom. The van der Waals surface area contributed by atoms with Crippen LogP contribution in [0, 0.1) is 0 Å². The molecule has 0 atom stereocenters. The molecule has 7 heteroatoms. The fourth-order valence-corrected chi connectivity index (χ4v) is 2.37. The van der Waals surface area contributed by atoms with Crippen LogP contribution < -0.4 is 40.0 Å². The number of sulfonamides is 1. The van der Waals surface area contributed by atoms with Crippen molar-refractivity contribution in [3.8, 4) is 0 Å². The van der Waals surface area contributed by atoms with Crippen LogP contribution in [0.4, 0.5) is 0 Å². The molecule has 0 unspecified atom stereocenters. The van der Waals surface area contributed by atoms with Gasteiger partial charge in [0, 0.05) is 12.1 Å². The molecule has 0 fully saturated rings. The molecule has 5 nitrogen and oxygen atoms in total. The molecule has 0 saturated carbocycles. The Morgan fingerprint density at radius 1 is 1.00 bits per heavy atom. The van der Waals surface area contributed by atoms with Crippen LogP contribution in [0.2, 0.25) is 0 Å². The number of carbonyl (C=O) groups is 1. The summed E-state index contributed by atoms with van der Waals surface area (Å²) in [6, 6.07) is 15.3. The summed E-state index contributed by atoms with van der Waals surface area (Å²) in [4.78, 5) is 11.9. The van der Waals surface area contributed by atoms with Crippen molar-refractivity contribution in [3.05, 3.63) is 65.7 Å². The van der Waals surface area contributed by atoms with Crippen LogP contribution in [-0.4, -0.2) is 20.9 Å². The van der Waals surface area contributed by atoms with E-state index in [-0.39, 0.29) is 40.4 Å². The third-order valence-electron chi connectivity index (χ3n) is 2.99. The van der Waals surface area contributed by atoms with E-state index in [2.05, 4.69) is 5.32 Å². The van der Waals surface area contributed by atoms with Gasteiger partial charge in [0.1, 0.15) is 0 Å². The molecule has 2 rings (SSSR count). The largest absolute Gasteiger partial charge is 1.00 e. The van der Waals surface area contributed by atoms with Crippen LogP contribution >= 0.6 is 0 Å². The number of carbonyl (C=O) groups excluding carboxylic acids is 1. The molecule has 0 aliphatic carbocycles. The Kier molecular flexibility index (Phi) is 7.25. The minimum atomic E-state index is -3.66. The van der Waals surface area contributed by atoms with E-state index in [1.54, 1.807) is 36.4 Å². The van der Waals surface area contributed by atoms with E-state index in [0.717, 1.165) is 5.56 Å². The number of benzene rings is 2. The standard InChI is InChI=1S/C15H16N2O3S.Na/c16-21(19,20)14-8-6-12(7-9-14)10-11-17-15(18)13-4-2-1-3-5-13;/h1-9H,10-11H2,(H,17,18)(H2,16,19,20);/q;+1. The monoisotopic (exact) mass is 327 g/mol. The molecule has 0 bridgehead atoms. The van der Waals surface area contributed by atoms with E-state index in [0.29, 0.717) is 18.5 Å². The zero-order chi connectivity index (χ0) is 15.3. The summed E-state index contributed by atoms with van der Waals surface area (Å²) in [5, 5.41) is 7.84. The molecular weight excluding hydrogens is 311 g/mol. The van der Waals surface area contributed by atoms with Crippen molar-refractivity contribution in [2.24, 2.45) is 5.14 Å². The van der Waals surface area contributed by atoms with Crippen molar-refractivity contribution < 1.29 is 42.8 Å². The first-order valence-electron chi connectivity index (χ1n) is 6.42. The van der Waals surface area contributed by atoms with Crippen LogP contribution in [-0.2, 0) is 16.4 Å². The topological polar surface area (TPSA) is 89.3 Å². The van der Waals surface area contributed by atoms with E-state index < -0.39 is 10.0 Å². The average Bonchev–Trinajstić information content (AvgIpc) is 2.47. The summed E-state index contributed by atoms with van der Waals surface area (Å²) in [6.45, 7) is 0.475. The Labute approximate surface area is 152 Å². The second kappa shape index (κ2) is 8.45. The van der Waals surface area contributed by atoms with Gasteiger partial charge < -0.3 is 5.32 Å². The van der Waals surface area contributed by atoms with Gasteiger partial charge >= 0.3 is 29.6 Å². The van der Waals surface area contributed by atoms with Gasteiger partial charge in [-0.25, -0.2) is 13.6 Å². The Bertz CT molecular complexity index is 716. The minimum Gasteiger partial charge on any atom is -0.352 e. The Morgan fingerprint density at radius 3 is 2.14 bits per heavy atom. The molecule has 0 aliphatic heterocycles. The van der Waals surface area contributed by atoms with Gasteiger partial charge in [-0.15, -0.1) is 0 Å². The van der Waals surface area contributed by atoms with Gasteiger partial charge in [0.25, 0.3) is 5.91 Å². The molecule has 2 aromatic rings. The number of amides is 1. The molecule has 0 heterocycles. The summed E-state index contributed by atoms with van der Waals surface area (Å²) < 4.78 is 22.3. The molecule has 0 aromatic heterocycles. The maximum atomic E-state index is 11.8. The molecule has 110 valence electrons. The summed E-state index contributed by atoms with van der Waals surface area (Å²) in [6.07, 6.45) is 0.615. The minimum absolute atomic E-state index is 0. The molecule has 0 radical (unpaired) electrons. The summed E-state index contributed by atoms with van der Waals surface area (Å²) in [5.74, 6) is -0.128. The van der Waals surface area contributed by atoms with Crippen molar-refractivity contribution in [1.29, 1.82) is 0 Å². The average molecular weight is 327 g/mol. The van der Waals surface area contributed by atoms with Gasteiger partial charge in [-0.05, 0) is 36.2 Å². The van der Waals surface area contributed by atoms with Gasteiger partial charge in [-0.3, -0.25) is 4.79 Å². The third-order valence-corrected chi connectivity index (χ3v) is 3.92. The first kappa shape index (κ1) is 18.9. The van der Waals surface area contributed by atoms with Gasteiger partial charge in [-0.2, -0.15) is 0 Å². The zero-order valence-corrected chi connectivity index (χ0v) is 15.1. The molecule has 0 aliphatic rings. The Balaban J connectivity index is 0.00000242. The van der Waals surface area contributed by atoms with E-state index in [1.807, 2.05) is 6.07 Å².